The first kappa shape index (κ1) is 11.9. The molecule has 0 N–H and O–H groups in total. The molecule has 0 atom stereocenters. The van der Waals surface area contributed by atoms with Crippen molar-refractivity contribution in [2.75, 3.05) is 0 Å². The average molecular weight is 385 g/mol. The summed E-state index contributed by atoms with van der Waals surface area (Å²) in [5, 5.41) is 0. The van der Waals surface area contributed by atoms with Crippen LogP contribution in [0.2, 0.25) is 0 Å². The minimum absolute atomic E-state index is 5.07. The Kier molecular flexibility index (Phi) is 1.50. The Hall–Kier alpha value is 2.94. The van der Waals surface area contributed by atoms with Crippen LogP contribution in [0.25, 0.3) is 0 Å². The molecular formula is Cl8Ru. The molecule has 0 radical (unpaired) electrons. The summed E-state index contributed by atoms with van der Waals surface area (Å²) in [5.41, 5.74) is 0. The van der Waals surface area contributed by atoms with Gasteiger partial charge in [-0.15, -0.1) is 0 Å². The van der Waals surface area contributed by atoms with E-state index in [9.17, 15) is 0 Å². The Bertz CT molecular complexity index is 139. The molecule has 0 aliphatic rings. The van der Waals surface area contributed by atoms with E-state index in [1.807, 2.05) is 0 Å². The van der Waals surface area contributed by atoms with Crippen LogP contribution in [0, 0.1) is 0 Å². The molecule has 64 valence electrons. The molecule has 0 heterocycles. The van der Waals surface area contributed by atoms with Crippen molar-refractivity contribution in [1.82, 2.24) is 0 Å². The molecule has 0 nitrogen and oxygen atoms in total. The second-order valence-electron chi connectivity index (χ2n) is 1.41. The third kappa shape index (κ3) is 101. The zero-order valence-electron chi connectivity index (χ0n) is 3.38. The van der Waals surface area contributed by atoms with Crippen molar-refractivity contribution < 1.29 is 2.15 Å². The molecule has 0 saturated carbocycles. The Morgan fingerprint density at radius 2 is 0.444 bits per heavy atom. The van der Waals surface area contributed by atoms with Crippen LogP contribution in [0.4, 0.5) is 0 Å². The fourth-order valence-electron chi connectivity index (χ4n) is 0. The first-order chi connectivity index (χ1) is 2.83. The third-order valence-electron chi connectivity index (χ3n) is 0. The van der Waals surface area contributed by atoms with Gasteiger partial charge in [-0.25, -0.2) is 0 Å². The number of rotatable bonds is 0. The molecule has 0 aliphatic heterocycles. The van der Waals surface area contributed by atoms with Gasteiger partial charge >= 0.3 is 79.7 Å². The average Bonchev–Trinajstić information content (AvgIpc) is 0.503. The van der Waals surface area contributed by atoms with Gasteiger partial charge in [0.05, 0.1) is 0 Å². The van der Waals surface area contributed by atoms with Gasteiger partial charge in [-0.1, -0.05) is 0 Å². The van der Waals surface area contributed by atoms with Gasteiger partial charge in [0.15, 0.2) is 0 Å². The SMILES string of the molecule is [Cl][Ru]([Cl])([Cl])([Cl])([Cl])([Cl])([Cl])[Cl]. The Labute approximate surface area is 78.4 Å². The van der Waals surface area contributed by atoms with Gasteiger partial charge in [0.25, 0.3) is 0 Å². The first-order valence-corrected chi connectivity index (χ1v) is 19.0. The molecule has 0 aromatic carbocycles. The van der Waals surface area contributed by atoms with Crippen molar-refractivity contribution in [3.63, 3.8) is 0 Å². The molecule has 0 rings (SSSR count). The van der Waals surface area contributed by atoms with Crippen molar-refractivity contribution in [3.05, 3.63) is 0 Å². The molecule has 0 spiro atoms. The Morgan fingerprint density at radius 1 is 0.444 bits per heavy atom. The summed E-state index contributed by atoms with van der Waals surface area (Å²) >= 11 is 0. The van der Waals surface area contributed by atoms with Gasteiger partial charge in [0, 0.05) is 0 Å². The summed E-state index contributed by atoms with van der Waals surface area (Å²) in [7, 11) is 40.5. The van der Waals surface area contributed by atoms with E-state index in [0.29, 0.717) is 0 Å². The van der Waals surface area contributed by atoms with Crippen LogP contribution < -0.4 is 0 Å². The molecular weight excluding hydrogens is 385 g/mol. The van der Waals surface area contributed by atoms with Gasteiger partial charge in [-0.05, 0) is 0 Å². The van der Waals surface area contributed by atoms with E-state index in [-0.39, 0.29) is 0 Å². The fraction of sp³-hybridized carbons (Fsp3) is 0. The summed E-state index contributed by atoms with van der Waals surface area (Å²) in [6.45, 7) is 0. The third-order valence-corrected chi connectivity index (χ3v) is 0. The summed E-state index contributed by atoms with van der Waals surface area (Å²) in [6.07, 6.45) is 0. The minimum atomic E-state index is -7.37. The second kappa shape index (κ2) is 1.13. The molecule has 0 aliphatic carbocycles. The van der Waals surface area contributed by atoms with E-state index in [2.05, 4.69) is 0 Å². The zero-order chi connectivity index (χ0) is 8.35. The van der Waals surface area contributed by atoms with E-state index in [1.165, 1.54) is 0 Å². The topological polar surface area (TPSA) is 0 Å². The predicted molar refractivity (Wildman–Crippen MR) is 46.8 cm³/mol. The van der Waals surface area contributed by atoms with Crippen LogP contribution in [0.1, 0.15) is 0 Å². The number of halogens is 8. The van der Waals surface area contributed by atoms with Crippen molar-refractivity contribution in [1.29, 1.82) is 0 Å². The number of hydrogen-bond donors (Lipinski definition) is 0. The quantitative estimate of drug-likeness (QED) is 0.483. The van der Waals surface area contributed by atoms with Gasteiger partial charge in [0.2, 0.25) is 0 Å². The van der Waals surface area contributed by atoms with Crippen LogP contribution in [-0.4, -0.2) is 0 Å². The molecule has 0 amide bonds. The van der Waals surface area contributed by atoms with Gasteiger partial charge < -0.3 is 0 Å². The van der Waals surface area contributed by atoms with Crippen LogP contribution in [0.3, 0.4) is 0 Å². The Morgan fingerprint density at radius 3 is 0.444 bits per heavy atom. The second-order valence-corrected chi connectivity index (χ2v) is 75.3. The predicted octanol–water partition coefficient (Wildman–Crippen LogP) is 5.51. The first-order valence-electron chi connectivity index (χ1n) is 1.07. The maximum absolute atomic E-state index is 7.37. The molecule has 0 saturated heterocycles. The van der Waals surface area contributed by atoms with E-state index in [4.69, 9.17) is 77.5 Å². The fourth-order valence-corrected chi connectivity index (χ4v) is 0. The molecule has 0 aromatic heterocycles. The van der Waals surface area contributed by atoms with Crippen molar-refractivity contribution in [3.8, 4) is 0 Å². The zero-order valence-corrected chi connectivity index (χ0v) is 11.2. The van der Waals surface area contributed by atoms with Crippen LogP contribution in [-0.2, 0) is 2.15 Å². The van der Waals surface area contributed by atoms with Crippen molar-refractivity contribution in [2.24, 2.45) is 0 Å². The number of hydrogen-bond acceptors (Lipinski definition) is 0. The molecule has 9 heavy (non-hydrogen) atoms. The van der Waals surface area contributed by atoms with E-state index >= 15 is 0 Å². The summed E-state index contributed by atoms with van der Waals surface area (Å²) in [6, 6.07) is 0. The van der Waals surface area contributed by atoms with Crippen molar-refractivity contribution >= 4 is 77.5 Å². The van der Waals surface area contributed by atoms with Crippen LogP contribution in [0.15, 0.2) is 0 Å². The standard InChI is InChI=1S/8ClH.Ru/h8*1H;/q;;;;;;;;+8/p-8. The van der Waals surface area contributed by atoms with Crippen LogP contribution in [0.5, 0.6) is 0 Å². The normalized spacial score (nSPS) is 31.1. The van der Waals surface area contributed by atoms with Gasteiger partial charge in [-0.3, -0.25) is 0 Å². The van der Waals surface area contributed by atoms with E-state index in [1.54, 1.807) is 0 Å². The summed E-state index contributed by atoms with van der Waals surface area (Å²) in [5.74, 6) is 0. The van der Waals surface area contributed by atoms with Gasteiger partial charge in [-0.2, -0.15) is 0 Å². The Balaban J connectivity index is 5.84. The monoisotopic (exact) mass is 382 g/mol. The molecule has 0 unspecified atom stereocenters. The molecule has 9 heteroatoms. The summed E-state index contributed by atoms with van der Waals surface area (Å²) < 4.78 is -7.37. The van der Waals surface area contributed by atoms with E-state index < -0.39 is 2.15 Å². The molecule has 0 aromatic rings. The van der Waals surface area contributed by atoms with Gasteiger partial charge in [0.1, 0.15) is 0 Å². The van der Waals surface area contributed by atoms with Crippen LogP contribution >= 0.6 is 77.5 Å². The summed E-state index contributed by atoms with van der Waals surface area (Å²) in [4.78, 5) is 0. The van der Waals surface area contributed by atoms with E-state index in [0.717, 1.165) is 0 Å². The maximum atomic E-state index is 5.07. The molecule has 0 bridgehead atoms. The van der Waals surface area contributed by atoms with Crippen molar-refractivity contribution in [2.45, 2.75) is 0 Å². The molecule has 0 fully saturated rings.